The van der Waals surface area contributed by atoms with Crippen LogP contribution in [0.5, 0.6) is 0 Å². The zero-order valence-electron chi connectivity index (χ0n) is 12.9. The number of likely N-dealkylation sites (tertiary alicyclic amines) is 1. The molecule has 2 rings (SSSR count). The van der Waals surface area contributed by atoms with Crippen LogP contribution in [0.15, 0.2) is 24.3 Å². The van der Waals surface area contributed by atoms with E-state index in [1.54, 1.807) is 11.9 Å². The Hall–Kier alpha value is -2.04. The number of benzene rings is 1. The fourth-order valence-electron chi connectivity index (χ4n) is 2.51. The van der Waals surface area contributed by atoms with E-state index in [1.807, 2.05) is 43.3 Å². The molecule has 114 valence electrons. The van der Waals surface area contributed by atoms with Crippen LogP contribution in [0.25, 0.3) is 0 Å². The van der Waals surface area contributed by atoms with E-state index in [0.717, 1.165) is 17.7 Å². The molecule has 5 nitrogen and oxygen atoms in total. The number of piperidine rings is 1. The van der Waals surface area contributed by atoms with E-state index in [4.69, 9.17) is 0 Å². The van der Waals surface area contributed by atoms with Crippen LogP contribution in [0.1, 0.15) is 18.4 Å². The Kier molecular flexibility index (Phi) is 4.83. The van der Waals surface area contributed by atoms with E-state index in [2.05, 4.69) is 5.32 Å². The predicted molar refractivity (Wildman–Crippen MR) is 83.3 cm³/mol. The second-order valence-corrected chi connectivity index (χ2v) is 5.82. The average Bonchev–Trinajstić information content (AvgIpc) is 2.43. The van der Waals surface area contributed by atoms with Gasteiger partial charge in [0, 0.05) is 45.8 Å². The number of nitrogens with one attached hydrogen (secondary N) is 1. The van der Waals surface area contributed by atoms with Crippen LogP contribution < -0.4 is 10.2 Å². The molecular formula is C16H23N3O2. The van der Waals surface area contributed by atoms with Gasteiger partial charge in [0.25, 0.3) is 0 Å². The highest BCUT2D eigenvalue weighted by Gasteiger charge is 2.23. The van der Waals surface area contributed by atoms with Gasteiger partial charge in [-0.2, -0.15) is 0 Å². The van der Waals surface area contributed by atoms with Gasteiger partial charge in [-0.25, -0.2) is 0 Å². The highest BCUT2D eigenvalue weighted by atomic mass is 16.2. The topological polar surface area (TPSA) is 52.7 Å². The van der Waals surface area contributed by atoms with Gasteiger partial charge in [-0.15, -0.1) is 0 Å². The fourth-order valence-corrected chi connectivity index (χ4v) is 2.51. The van der Waals surface area contributed by atoms with Crippen LogP contribution in [0.3, 0.4) is 0 Å². The number of likely N-dealkylation sites (N-methyl/N-ethyl adjacent to an activating group) is 1. The highest BCUT2D eigenvalue weighted by molar-refractivity contribution is 5.80. The van der Waals surface area contributed by atoms with Crippen molar-refractivity contribution in [2.75, 3.05) is 32.6 Å². The number of nitrogens with zero attached hydrogens (tertiary/aromatic N) is 2. The molecule has 5 heteroatoms. The Bertz CT molecular complexity index is 511. The van der Waals surface area contributed by atoms with Gasteiger partial charge in [0.1, 0.15) is 0 Å². The summed E-state index contributed by atoms with van der Waals surface area (Å²) in [6.45, 7) is 0.601. The first kappa shape index (κ1) is 15.4. The molecule has 0 aromatic heterocycles. The molecule has 1 N–H and O–H groups in total. The van der Waals surface area contributed by atoms with Gasteiger partial charge in [-0.05, 0) is 24.1 Å². The summed E-state index contributed by atoms with van der Waals surface area (Å²) in [5, 5.41) is 3.01. The van der Waals surface area contributed by atoms with Gasteiger partial charge in [0.15, 0.2) is 0 Å². The summed E-state index contributed by atoms with van der Waals surface area (Å²) in [5.74, 6) is 0.167. The van der Waals surface area contributed by atoms with Gasteiger partial charge in [0.2, 0.25) is 11.8 Å². The van der Waals surface area contributed by atoms with Crippen LogP contribution in [-0.2, 0) is 16.0 Å². The molecule has 0 spiro atoms. The molecule has 1 unspecified atom stereocenters. The lowest BCUT2D eigenvalue weighted by Gasteiger charge is -2.30. The molecule has 1 atom stereocenters. The molecule has 21 heavy (non-hydrogen) atoms. The summed E-state index contributed by atoms with van der Waals surface area (Å²) in [5.41, 5.74) is 2.12. The third-order valence-corrected chi connectivity index (χ3v) is 3.81. The first-order chi connectivity index (χ1) is 9.95. The van der Waals surface area contributed by atoms with E-state index in [-0.39, 0.29) is 17.9 Å². The minimum atomic E-state index is 0.0142. The minimum absolute atomic E-state index is 0.0142. The zero-order chi connectivity index (χ0) is 15.4. The third-order valence-electron chi connectivity index (χ3n) is 3.81. The molecule has 0 radical (unpaired) electrons. The van der Waals surface area contributed by atoms with E-state index in [1.165, 1.54) is 0 Å². The number of anilines is 1. The van der Waals surface area contributed by atoms with Gasteiger partial charge in [0.05, 0.1) is 6.42 Å². The predicted octanol–water partition coefficient (Wildman–Crippen LogP) is 1.03. The molecule has 1 aromatic rings. The highest BCUT2D eigenvalue weighted by Crippen LogP contribution is 2.13. The summed E-state index contributed by atoms with van der Waals surface area (Å²) in [7, 11) is 5.76. The first-order valence-corrected chi connectivity index (χ1v) is 7.25. The monoisotopic (exact) mass is 289 g/mol. The number of amides is 2. The maximum Gasteiger partial charge on any atom is 0.224 e. The zero-order valence-corrected chi connectivity index (χ0v) is 12.9. The molecule has 1 heterocycles. The van der Waals surface area contributed by atoms with Gasteiger partial charge < -0.3 is 15.1 Å². The molecular weight excluding hydrogens is 266 g/mol. The first-order valence-electron chi connectivity index (χ1n) is 7.25. The average molecular weight is 289 g/mol. The Labute approximate surface area is 125 Å². The summed E-state index contributed by atoms with van der Waals surface area (Å²) in [6, 6.07) is 8.05. The maximum absolute atomic E-state index is 12.1. The SMILES string of the molecule is CN1CC(NC(=O)Cc2ccc(N(C)C)cc2)CCC1=O. The minimum Gasteiger partial charge on any atom is -0.378 e. The van der Waals surface area contributed by atoms with Crippen LogP contribution in [0.2, 0.25) is 0 Å². The van der Waals surface area contributed by atoms with Crippen molar-refractivity contribution in [2.45, 2.75) is 25.3 Å². The number of carbonyl (C=O) groups is 2. The van der Waals surface area contributed by atoms with Gasteiger partial charge in [-0.3, -0.25) is 9.59 Å². The molecule has 0 bridgehead atoms. The van der Waals surface area contributed by atoms with E-state index < -0.39 is 0 Å². The molecule has 0 aliphatic carbocycles. The summed E-state index contributed by atoms with van der Waals surface area (Å²) in [4.78, 5) is 27.2. The van der Waals surface area contributed by atoms with Crippen molar-refractivity contribution in [3.63, 3.8) is 0 Å². The summed E-state index contributed by atoms with van der Waals surface area (Å²) in [6.07, 6.45) is 1.62. The normalized spacial score (nSPS) is 18.5. The smallest absolute Gasteiger partial charge is 0.224 e. The largest absolute Gasteiger partial charge is 0.378 e. The number of rotatable bonds is 4. The van der Waals surface area contributed by atoms with Crippen molar-refractivity contribution in [1.82, 2.24) is 10.2 Å². The Morgan fingerprint density at radius 2 is 2.00 bits per heavy atom. The molecule has 1 aromatic carbocycles. The van der Waals surface area contributed by atoms with Crippen molar-refractivity contribution >= 4 is 17.5 Å². The van der Waals surface area contributed by atoms with E-state index in [0.29, 0.717) is 19.4 Å². The van der Waals surface area contributed by atoms with Crippen molar-refractivity contribution in [1.29, 1.82) is 0 Å². The summed E-state index contributed by atoms with van der Waals surface area (Å²) < 4.78 is 0. The van der Waals surface area contributed by atoms with Gasteiger partial charge in [-0.1, -0.05) is 12.1 Å². The van der Waals surface area contributed by atoms with Crippen molar-refractivity contribution < 1.29 is 9.59 Å². The van der Waals surface area contributed by atoms with Gasteiger partial charge >= 0.3 is 0 Å². The van der Waals surface area contributed by atoms with Crippen LogP contribution >= 0.6 is 0 Å². The van der Waals surface area contributed by atoms with E-state index in [9.17, 15) is 9.59 Å². The van der Waals surface area contributed by atoms with Crippen molar-refractivity contribution in [2.24, 2.45) is 0 Å². The van der Waals surface area contributed by atoms with Crippen molar-refractivity contribution in [3.05, 3.63) is 29.8 Å². The molecule has 2 amide bonds. The van der Waals surface area contributed by atoms with Crippen LogP contribution in [0.4, 0.5) is 5.69 Å². The van der Waals surface area contributed by atoms with Crippen molar-refractivity contribution in [3.8, 4) is 0 Å². The quantitative estimate of drug-likeness (QED) is 0.901. The Morgan fingerprint density at radius 1 is 1.33 bits per heavy atom. The second kappa shape index (κ2) is 6.61. The molecule has 0 saturated carbocycles. The maximum atomic E-state index is 12.1. The molecule has 1 saturated heterocycles. The number of carbonyl (C=O) groups excluding carboxylic acids is 2. The molecule has 1 fully saturated rings. The van der Waals surface area contributed by atoms with E-state index >= 15 is 0 Å². The lowest BCUT2D eigenvalue weighted by Crippen LogP contribution is -2.48. The van der Waals surface area contributed by atoms with Crippen LogP contribution in [0, 0.1) is 0 Å². The standard InChI is InChI=1S/C16H23N3O2/c1-18(2)14-7-4-12(5-8-14)10-15(20)17-13-6-9-16(21)19(3)11-13/h4-5,7-8,13H,6,9-11H2,1-3H3,(H,17,20). The summed E-state index contributed by atoms with van der Waals surface area (Å²) >= 11 is 0. The number of hydrogen-bond acceptors (Lipinski definition) is 3. The molecule has 1 aliphatic rings. The molecule has 1 aliphatic heterocycles. The van der Waals surface area contributed by atoms with Crippen LogP contribution in [-0.4, -0.2) is 50.4 Å². The second-order valence-electron chi connectivity index (χ2n) is 5.82. The Balaban J connectivity index is 1.85. The number of hydrogen-bond donors (Lipinski definition) is 1. The lowest BCUT2D eigenvalue weighted by molar-refractivity contribution is -0.133. The Morgan fingerprint density at radius 3 is 2.57 bits per heavy atom. The third kappa shape index (κ3) is 4.21. The lowest BCUT2D eigenvalue weighted by atomic mass is 10.0. The fraction of sp³-hybridized carbons (Fsp3) is 0.500.